The van der Waals surface area contributed by atoms with Gasteiger partial charge in [0.25, 0.3) is 0 Å². The molecule has 1 aliphatic heterocycles. The van der Waals surface area contributed by atoms with Crippen molar-refractivity contribution in [2.24, 2.45) is 0 Å². The van der Waals surface area contributed by atoms with Crippen LogP contribution in [0.25, 0.3) is 0 Å². The van der Waals surface area contributed by atoms with Gasteiger partial charge in [0.2, 0.25) is 0 Å². The van der Waals surface area contributed by atoms with E-state index in [1.165, 1.54) is 12.8 Å². The molecule has 2 fully saturated rings. The zero-order valence-electron chi connectivity index (χ0n) is 12.6. The molecule has 2 amide bonds. The van der Waals surface area contributed by atoms with Crippen molar-refractivity contribution in [1.29, 1.82) is 0 Å². The zero-order chi connectivity index (χ0) is 15.2. The van der Waals surface area contributed by atoms with Gasteiger partial charge in [-0.05, 0) is 19.4 Å². The molecule has 2 aliphatic rings. The lowest BCUT2D eigenvalue weighted by atomic mass is 10.2. The van der Waals surface area contributed by atoms with Crippen LogP contribution in [0.15, 0.2) is 0 Å². The number of carbonyl (C=O) groups excluding carboxylic acids is 1. The Labute approximate surface area is 130 Å². The highest BCUT2D eigenvalue weighted by Crippen LogP contribution is 2.25. The maximum absolute atomic E-state index is 12.2. The Kier molecular flexibility index (Phi) is 6.17. The summed E-state index contributed by atoms with van der Waals surface area (Å²) in [5, 5.41) is 11.9. The van der Waals surface area contributed by atoms with Crippen LogP contribution < -0.4 is 5.32 Å². The summed E-state index contributed by atoms with van der Waals surface area (Å²) in [5.74, 6) is 0.751. The van der Waals surface area contributed by atoms with Crippen LogP contribution in [0.3, 0.4) is 0 Å². The molecule has 0 bridgehead atoms. The number of urea groups is 1. The van der Waals surface area contributed by atoms with E-state index in [9.17, 15) is 9.59 Å². The van der Waals surface area contributed by atoms with Gasteiger partial charge in [-0.2, -0.15) is 11.8 Å². The van der Waals surface area contributed by atoms with Crippen molar-refractivity contribution in [3.8, 4) is 0 Å². The monoisotopic (exact) mass is 315 g/mol. The van der Waals surface area contributed by atoms with E-state index in [1.54, 1.807) is 16.7 Å². The summed E-state index contributed by atoms with van der Waals surface area (Å²) >= 11 is 1.72. The standard InChI is InChI=1S/C14H25N3O3S/c1-2-16(11-3-4-11)6-5-15-14(20)17-7-8-21-10-12(17)9-13(18)19/h11-12H,2-10H2,1H3,(H,15,20)(H,18,19). The first-order valence-electron chi connectivity index (χ1n) is 7.70. The first-order valence-corrected chi connectivity index (χ1v) is 8.85. The van der Waals surface area contributed by atoms with E-state index >= 15 is 0 Å². The molecule has 0 radical (unpaired) electrons. The molecule has 1 unspecified atom stereocenters. The molecule has 1 heterocycles. The van der Waals surface area contributed by atoms with Crippen molar-refractivity contribution in [2.45, 2.75) is 38.3 Å². The third-order valence-electron chi connectivity index (χ3n) is 4.04. The minimum atomic E-state index is -0.841. The van der Waals surface area contributed by atoms with E-state index in [4.69, 9.17) is 5.11 Å². The highest BCUT2D eigenvalue weighted by molar-refractivity contribution is 7.99. The molecule has 1 atom stereocenters. The molecule has 7 heteroatoms. The molecule has 0 spiro atoms. The smallest absolute Gasteiger partial charge is 0.317 e. The summed E-state index contributed by atoms with van der Waals surface area (Å²) in [6.07, 6.45) is 2.57. The van der Waals surface area contributed by atoms with Gasteiger partial charge in [0.15, 0.2) is 0 Å². The third-order valence-corrected chi connectivity index (χ3v) is 5.14. The van der Waals surface area contributed by atoms with Crippen molar-refractivity contribution < 1.29 is 14.7 Å². The van der Waals surface area contributed by atoms with Gasteiger partial charge in [0, 0.05) is 37.2 Å². The van der Waals surface area contributed by atoms with Crippen LogP contribution in [-0.2, 0) is 4.79 Å². The Morgan fingerprint density at radius 2 is 2.19 bits per heavy atom. The van der Waals surface area contributed by atoms with Gasteiger partial charge in [-0.25, -0.2) is 4.79 Å². The number of nitrogens with one attached hydrogen (secondary N) is 1. The number of carboxylic acid groups (broad SMARTS) is 1. The average molecular weight is 315 g/mol. The number of thioether (sulfide) groups is 1. The molecule has 0 aromatic heterocycles. The fraction of sp³-hybridized carbons (Fsp3) is 0.857. The summed E-state index contributed by atoms with van der Waals surface area (Å²) in [6, 6.07) is 0.401. The van der Waals surface area contributed by atoms with E-state index in [-0.39, 0.29) is 18.5 Å². The van der Waals surface area contributed by atoms with Gasteiger partial charge in [-0.15, -0.1) is 0 Å². The second-order valence-corrected chi connectivity index (χ2v) is 6.76. The first-order chi connectivity index (χ1) is 10.1. The molecule has 2 N–H and O–H groups in total. The van der Waals surface area contributed by atoms with Crippen molar-refractivity contribution in [3.05, 3.63) is 0 Å². The lowest BCUT2D eigenvalue weighted by molar-refractivity contribution is -0.137. The second kappa shape index (κ2) is 7.89. The molecule has 2 rings (SSSR count). The molecule has 6 nitrogen and oxygen atoms in total. The van der Waals surface area contributed by atoms with Crippen LogP contribution in [0, 0.1) is 0 Å². The molecular formula is C14H25N3O3S. The lowest BCUT2D eigenvalue weighted by Gasteiger charge is -2.34. The molecule has 21 heavy (non-hydrogen) atoms. The number of aliphatic carboxylic acids is 1. The Morgan fingerprint density at radius 1 is 1.43 bits per heavy atom. The van der Waals surface area contributed by atoms with E-state index in [0.29, 0.717) is 24.9 Å². The maximum Gasteiger partial charge on any atom is 0.317 e. The highest BCUT2D eigenvalue weighted by Gasteiger charge is 2.30. The van der Waals surface area contributed by atoms with Gasteiger partial charge in [0.1, 0.15) is 0 Å². The predicted octanol–water partition coefficient (Wildman–Crippen LogP) is 1.07. The number of hydrogen-bond acceptors (Lipinski definition) is 4. The van der Waals surface area contributed by atoms with E-state index < -0.39 is 5.97 Å². The minimum absolute atomic E-state index is 0.0313. The number of amides is 2. The quantitative estimate of drug-likeness (QED) is 0.735. The normalized spacial score (nSPS) is 22.4. The van der Waals surface area contributed by atoms with Crippen LogP contribution in [0.2, 0.25) is 0 Å². The second-order valence-electron chi connectivity index (χ2n) is 5.61. The number of likely N-dealkylation sites (N-methyl/N-ethyl adjacent to an activating group) is 1. The molecule has 1 saturated heterocycles. The van der Waals surface area contributed by atoms with Crippen molar-refractivity contribution in [3.63, 3.8) is 0 Å². The minimum Gasteiger partial charge on any atom is -0.481 e. The summed E-state index contributed by atoms with van der Waals surface area (Å²) < 4.78 is 0. The predicted molar refractivity (Wildman–Crippen MR) is 83.7 cm³/mol. The molecule has 1 aliphatic carbocycles. The van der Waals surface area contributed by atoms with Crippen molar-refractivity contribution in [1.82, 2.24) is 15.1 Å². The van der Waals surface area contributed by atoms with E-state index in [0.717, 1.165) is 18.8 Å². The van der Waals surface area contributed by atoms with Gasteiger partial charge >= 0.3 is 12.0 Å². The summed E-state index contributed by atoms with van der Waals surface area (Å²) in [5.41, 5.74) is 0. The molecule has 120 valence electrons. The van der Waals surface area contributed by atoms with E-state index in [1.807, 2.05) is 0 Å². The average Bonchev–Trinajstić information content (AvgIpc) is 3.28. The number of carboxylic acids is 1. The zero-order valence-corrected chi connectivity index (χ0v) is 13.4. The SMILES string of the molecule is CCN(CCNC(=O)N1CCSCC1CC(=O)O)C1CC1. The maximum atomic E-state index is 12.2. The van der Waals surface area contributed by atoms with Gasteiger partial charge < -0.3 is 15.3 Å². The van der Waals surface area contributed by atoms with Crippen LogP contribution in [0.4, 0.5) is 4.79 Å². The van der Waals surface area contributed by atoms with Gasteiger partial charge in [-0.3, -0.25) is 9.69 Å². The topological polar surface area (TPSA) is 72.9 Å². The Bertz CT molecular complexity index is 376. The Morgan fingerprint density at radius 3 is 2.81 bits per heavy atom. The highest BCUT2D eigenvalue weighted by atomic mass is 32.2. The van der Waals surface area contributed by atoms with Crippen LogP contribution >= 0.6 is 11.8 Å². The van der Waals surface area contributed by atoms with Crippen LogP contribution in [0.5, 0.6) is 0 Å². The Balaban J connectivity index is 1.75. The van der Waals surface area contributed by atoms with Crippen LogP contribution in [0.1, 0.15) is 26.2 Å². The van der Waals surface area contributed by atoms with Gasteiger partial charge in [0.05, 0.1) is 12.5 Å². The number of carbonyl (C=O) groups is 2. The van der Waals surface area contributed by atoms with E-state index in [2.05, 4.69) is 17.1 Å². The third kappa shape index (κ3) is 5.07. The summed E-state index contributed by atoms with van der Waals surface area (Å²) in [7, 11) is 0. The van der Waals surface area contributed by atoms with Crippen molar-refractivity contribution in [2.75, 3.05) is 37.7 Å². The number of rotatable bonds is 7. The van der Waals surface area contributed by atoms with Crippen molar-refractivity contribution >= 4 is 23.8 Å². The number of hydrogen-bond donors (Lipinski definition) is 2. The summed E-state index contributed by atoms with van der Waals surface area (Å²) in [4.78, 5) is 27.2. The van der Waals surface area contributed by atoms with Crippen LogP contribution in [-0.4, -0.2) is 76.7 Å². The lowest BCUT2D eigenvalue weighted by Crippen LogP contribution is -2.52. The molecule has 1 saturated carbocycles. The van der Waals surface area contributed by atoms with Gasteiger partial charge in [-0.1, -0.05) is 6.92 Å². The summed E-state index contributed by atoms with van der Waals surface area (Å²) in [6.45, 7) is 5.30. The Hall–Kier alpha value is -0.950. The first kappa shape index (κ1) is 16.4. The number of nitrogens with zero attached hydrogens (tertiary/aromatic N) is 2. The fourth-order valence-electron chi connectivity index (χ4n) is 2.74. The molecule has 0 aromatic carbocycles. The fourth-order valence-corrected chi connectivity index (χ4v) is 3.80. The molecular weight excluding hydrogens is 290 g/mol. The largest absolute Gasteiger partial charge is 0.481 e. The molecule has 0 aromatic rings.